The summed E-state index contributed by atoms with van der Waals surface area (Å²) in [6.45, 7) is 5.35. The van der Waals surface area contributed by atoms with Crippen molar-refractivity contribution in [2.45, 2.75) is 38.5 Å². The van der Waals surface area contributed by atoms with E-state index in [1.807, 2.05) is 43.3 Å². The number of hydrogen-bond acceptors (Lipinski definition) is 4. The molecule has 4 rings (SSSR count). The molecule has 1 fully saturated rings. The van der Waals surface area contributed by atoms with Crippen molar-refractivity contribution in [2.24, 2.45) is 0 Å². The summed E-state index contributed by atoms with van der Waals surface area (Å²) in [4.78, 5) is 0. The molecular weight excluding hydrogens is 374 g/mol. The van der Waals surface area contributed by atoms with Gasteiger partial charge in [-0.25, -0.2) is 8.42 Å². The van der Waals surface area contributed by atoms with Gasteiger partial charge in [-0.1, -0.05) is 0 Å². The Balaban J connectivity index is 1.78. The van der Waals surface area contributed by atoms with E-state index in [1.165, 1.54) is 0 Å². The quantitative estimate of drug-likeness (QED) is 0.623. The smallest absolute Gasteiger partial charge is 0.235 e. The Kier molecular flexibility index (Phi) is 4.71. The van der Waals surface area contributed by atoms with Gasteiger partial charge in [0.15, 0.2) is 0 Å². The zero-order valence-electron chi connectivity index (χ0n) is 16.1. The van der Waals surface area contributed by atoms with Gasteiger partial charge in [0.05, 0.1) is 34.4 Å². The number of ether oxygens (including phenoxy) is 1. The molecule has 0 radical (unpaired) electrons. The third-order valence-corrected chi connectivity index (χ3v) is 6.95. The molecule has 28 heavy (non-hydrogen) atoms. The highest BCUT2D eigenvalue weighted by Crippen LogP contribution is 2.38. The summed E-state index contributed by atoms with van der Waals surface area (Å²) in [6, 6.07) is 13.4. The van der Waals surface area contributed by atoms with Crippen LogP contribution in [0.3, 0.4) is 0 Å². The van der Waals surface area contributed by atoms with E-state index in [0.717, 1.165) is 47.3 Å². The van der Waals surface area contributed by atoms with Gasteiger partial charge in [0.25, 0.3) is 0 Å². The summed E-state index contributed by atoms with van der Waals surface area (Å²) >= 11 is 0. The number of nitrogens with zero attached hydrogens (tertiary/aromatic N) is 1. The fourth-order valence-electron chi connectivity index (χ4n) is 3.58. The van der Waals surface area contributed by atoms with Gasteiger partial charge in [0.1, 0.15) is 5.75 Å². The Morgan fingerprint density at radius 2 is 1.86 bits per heavy atom. The molecule has 3 N–H and O–H groups in total. The van der Waals surface area contributed by atoms with E-state index in [2.05, 4.69) is 16.2 Å². The van der Waals surface area contributed by atoms with Gasteiger partial charge in [0.2, 0.25) is 10.0 Å². The molecule has 0 amide bonds. The van der Waals surface area contributed by atoms with Crippen LogP contribution < -0.4 is 15.2 Å². The van der Waals surface area contributed by atoms with Crippen LogP contribution in [0.5, 0.6) is 5.75 Å². The topological polar surface area (TPSA) is 86.3 Å². The Labute approximate surface area is 165 Å². The van der Waals surface area contributed by atoms with Gasteiger partial charge in [-0.2, -0.15) is 0 Å². The van der Waals surface area contributed by atoms with E-state index in [1.54, 1.807) is 6.07 Å². The molecular formula is C21H25N3O3S. The SMILES string of the molecule is CCOc1ccc(-c2c(N)c3ccc(NS(=O)(=O)C4CC4)cc3n2CC)cc1. The fourth-order valence-corrected chi connectivity index (χ4v) is 4.96. The molecule has 1 saturated carbocycles. The maximum atomic E-state index is 12.3. The van der Waals surface area contributed by atoms with Crippen molar-refractivity contribution < 1.29 is 13.2 Å². The average Bonchev–Trinajstić information content (AvgIpc) is 3.49. The maximum Gasteiger partial charge on any atom is 0.235 e. The Morgan fingerprint density at radius 3 is 2.46 bits per heavy atom. The molecule has 1 aromatic heterocycles. The van der Waals surface area contributed by atoms with E-state index in [-0.39, 0.29) is 5.25 Å². The molecule has 0 saturated heterocycles. The Bertz CT molecular complexity index is 1110. The first-order valence-corrected chi connectivity index (χ1v) is 11.2. The molecule has 0 unspecified atom stereocenters. The molecule has 3 aromatic rings. The predicted octanol–water partition coefficient (Wildman–Crippen LogP) is 4.21. The molecule has 1 aliphatic rings. The molecule has 2 aromatic carbocycles. The summed E-state index contributed by atoms with van der Waals surface area (Å²) in [5, 5.41) is 0.658. The number of benzene rings is 2. The zero-order valence-corrected chi connectivity index (χ0v) is 16.9. The lowest BCUT2D eigenvalue weighted by atomic mass is 10.1. The number of aromatic nitrogens is 1. The second-order valence-corrected chi connectivity index (χ2v) is 9.00. The monoisotopic (exact) mass is 399 g/mol. The van der Waals surface area contributed by atoms with Crippen molar-refractivity contribution in [3.8, 4) is 17.0 Å². The minimum Gasteiger partial charge on any atom is -0.494 e. The van der Waals surface area contributed by atoms with E-state index in [9.17, 15) is 8.42 Å². The van der Waals surface area contributed by atoms with Gasteiger partial charge in [0, 0.05) is 17.5 Å². The van der Waals surface area contributed by atoms with Gasteiger partial charge in [-0.3, -0.25) is 4.72 Å². The molecule has 1 aliphatic carbocycles. The minimum absolute atomic E-state index is 0.259. The maximum absolute atomic E-state index is 12.3. The largest absolute Gasteiger partial charge is 0.494 e. The Hall–Kier alpha value is -2.67. The van der Waals surface area contributed by atoms with Crippen LogP contribution in [0.2, 0.25) is 0 Å². The van der Waals surface area contributed by atoms with Crippen molar-refractivity contribution in [1.29, 1.82) is 0 Å². The van der Waals surface area contributed by atoms with Crippen molar-refractivity contribution in [1.82, 2.24) is 4.57 Å². The van der Waals surface area contributed by atoms with E-state index >= 15 is 0 Å². The first-order valence-electron chi connectivity index (χ1n) is 9.61. The van der Waals surface area contributed by atoms with E-state index < -0.39 is 10.0 Å². The Morgan fingerprint density at radius 1 is 1.14 bits per heavy atom. The average molecular weight is 400 g/mol. The number of anilines is 2. The molecule has 0 atom stereocenters. The van der Waals surface area contributed by atoms with Crippen molar-refractivity contribution in [3.05, 3.63) is 42.5 Å². The van der Waals surface area contributed by atoms with Crippen LogP contribution in [0.4, 0.5) is 11.4 Å². The number of rotatable bonds is 7. The van der Waals surface area contributed by atoms with Crippen LogP contribution in [0.25, 0.3) is 22.2 Å². The van der Waals surface area contributed by atoms with Crippen LogP contribution in [-0.2, 0) is 16.6 Å². The normalized spacial score (nSPS) is 14.4. The second-order valence-electron chi connectivity index (χ2n) is 7.04. The fraction of sp³-hybridized carbons (Fsp3) is 0.333. The van der Waals surface area contributed by atoms with Gasteiger partial charge >= 0.3 is 0 Å². The lowest BCUT2D eigenvalue weighted by Gasteiger charge is -2.11. The van der Waals surface area contributed by atoms with Gasteiger partial charge in [-0.15, -0.1) is 0 Å². The predicted molar refractivity (Wildman–Crippen MR) is 114 cm³/mol. The first-order chi connectivity index (χ1) is 13.4. The second kappa shape index (κ2) is 7.05. The number of aryl methyl sites for hydroxylation is 1. The molecule has 0 bridgehead atoms. The highest BCUT2D eigenvalue weighted by Gasteiger charge is 2.35. The van der Waals surface area contributed by atoms with Crippen LogP contribution in [0.1, 0.15) is 26.7 Å². The lowest BCUT2D eigenvalue weighted by Crippen LogP contribution is -2.17. The van der Waals surface area contributed by atoms with Crippen LogP contribution >= 0.6 is 0 Å². The van der Waals surface area contributed by atoms with Crippen LogP contribution in [0, 0.1) is 0 Å². The van der Waals surface area contributed by atoms with Crippen molar-refractivity contribution in [2.75, 3.05) is 17.1 Å². The summed E-state index contributed by atoms with van der Waals surface area (Å²) in [5.74, 6) is 0.820. The van der Waals surface area contributed by atoms with E-state index in [0.29, 0.717) is 18.0 Å². The summed E-state index contributed by atoms with van der Waals surface area (Å²) < 4.78 is 34.9. The number of fused-ring (bicyclic) bond motifs is 1. The number of nitrogen functional groups attached to an aromatic ring is 1. The molecule has 6 nitrogen and oxygen atoms in total. The first kappa shape index (κ1) is 18.7. The summed E-state index contributed by atoms with van der Waals surface area (Å²) in [7, 11) is -3.30. The lowest BCUT2D eigenvalue weighted by molar-refractivity contribution is 0.340. The third-order valence-electron chi connectivity index (χ3n) is 5.08. The molecule has 1 heterocycles. The molecule has 0 aliphatic heterocycles. The summed E-state index contributed by atoms with van der Waals surface area (Å²) in [5.41, 5.74) is 10.6. The third kappa shape index (κ3) is 3.30. The van der Waals surface area contributed by atoms with Crippen molar-refractivity contribution >= 4 is 32.3 Å². The highest BCUT2D eigenvalue weighted by molar-refractivity contribution is 7.93. The zero-order chi connectivity index (χ0) is 19.9. The highest BCUT2D eigenvalue weighted by atomic mass is 32.2. The van der Waals surface area contributed by atoms with Crippen molar-refractivity contribution in [3.63, 3.8) is 0 Å². The number of hydrogen-bond donors (Lipinski definition) is 2. The van der Waals surface area contributed by atoms with Gasteiger partial charge in [-0.05, 0) is 69.2 Å². The minimum atomic E-state index is -3.30. The molecule has 7 heteroatoms. The summed E-state index contributed by atoms with van der Waals surface area (Å²) in [6.07, 6.45) is 1.47. The standard InChI is InChI=1S/C21H25N3O3S/c1-3-24-19-13-15(23-28(25,26)17-10-11-17)7-12-18(19)20(22)21(24)14-5-8-16(9-6-14)27-4-2/h5-9,12-13,17,23H,3-4,10-11,22H2,1-2H3. The molecule has 148 valence electrons. The van der Waals surface area contributed by atoms with E-state index in [4.69, 9.17) is 10.5 Å². The number of nitrogens with one attached hydrogen (secondary N) is 1. The van der Waals surface area contributed by atoms with Gasteiger partial charge < -0.3 is 15.0 Å². The molecule has 0 spiro atoms. The van der Waals surface area contributed by atoms with Crippen LogP contribution in [0.15, 0.2) is 42.5 Å². The van der Waals surface area contributed by atoms with Crippen LogP contribution in [-0.4, -0.2) is 24.8 Å². The number of sulfonamides is 1. The number of nitrogens with two attached hydrogens (primary N) is 1.